The van der Waals surface area contributed by atoms with Crippen LogP contribution in [0.15, 0.2) is 64.6 Å². The van der Waals surface area contributed by atoms with E-state index in [9.17, 15) is 13.2 Å². The molecule has 4 rings (SSSR count). The van der Waals surface area contributed by atoms with E-state index >= 15 is 0 Å². The molecule has 0 saturated carbocycles. The summed E-state index contributed by atoms with van der Waals surface area (Å²) in [5.74, 6) is 0.452. The molecule has 8 nitrogen and oxygen atoms in total. The molecule has 1 fully saturated rings. The summed E-state index contributed by atoms with van der Waals surface area (Å²) in [6.07, 6.45) is 0.679. The number of hydrogen-bond acceptors (Lipinski definition) is 5. The zero-order valence-corrected chi connectivity index (χ0v) is 18.5. The molecule has 0 aromatic heterocycles. The quantitative estimate of drug-likeness (QED) is 0.757. The van der Waals surface area contributed by atoms with Gasteiger partial charge in [-0.3, -0.25) is 0 Å². The highest BCUT2D eigenvalue weighted by Crippen LogP contribution is 2.33. The fourth-order valence-corrected chi connectivity index (χ4v) is 5.46. The van der Waals surface area contributed by atoms with Gasteiger partial charge in [0.15, 0.2) is 0 Å². The molecule has 0 atom stereocenters. The lowest BCUT2D eigenvalue weighted by Crippen LogP contribution is -2.39. The second kappa shape index (κ2) is 8.85. The van der Waals surface area contributed by atoms with Crippen molar-refractivity contribution in [1.82, 2.24) is 9.80 Å². The van der Waals surface area contributed by atoms with Crippen LogP contribution in [0.4, 0.5) is 10.5 Å². The van der Waals surface area contributed by atoms with Gasteiger partial charge in [0.1, 0.15) is 10.7 Å². The van der Waals surface area contributed by atoms with E-state index in [0.717, 1.165) is 0 Å². The van der Waals surface area contributed by atoms with Crippen LogP contribution in [0.3, 0.4) is 0 Å². The maximum atomic E-state index is 12.8. The molecule has 1 N–H and O–H groups in total. The van der Waals surface area contributed by atoms with Gasteiger partial charge >= 0.3 is 6.03 Å². The molecule has 0 unspecified atom stereocenters. The molecule has 0 spiro atoms. The summed E-state index contributed by atoms with van der Waals surface area (Å²) < 4.78 is 29.6. The number of hydrogen-bond donors (Lipinski definition) is 1. The zero-order chi connectivity index (χ0) is 22.7. The summed E-state index contributed by atoms with van der Waals surface area (Å²) in [7, 11) is -3.77. The van der Waals surface area contributed by atoms with E-state index in [1.807, 2.05) is 11.0 Å². The predicted molar refractivity (Wildman–Crippen MR) is 123 cm³/mol. The Balaban J connectivity index is 1.48. The highest BCUT2D eigenvalue weighted by atomic mass is 32.2. The second-order valence-corrected chi connectivity index (χ2v) is 9.20. The summed E-state index contributed by atoms with van der Waals surface area (Å²) in [6, 6.07) is 17.5. The molecule has 2 heterocycles. The maximum absolute atomic E-state index is 12.8. The first-order valence-corrected chi connectivity index (χ1v) is 11.8. The van der Waals surface area contributed by atoms with E-state index < -0.39 is 10.0 Å². The van der Waals surface area contributed by atoms with E-state index in [-0.39, 0.29) is 10.9 Å². The van der Waals surface area contributed by atoms with Gasteiger partial charge in [0.25, 0.3) is 10.0 Å². The Morgan fingerprint density at radius 2 is 1.84 bits per heavy atom. The molecular weight excluding hydrogens is 426 g/mol. The van der Waals surface area contributed by atoms with Gasteiger partial charge in [-0.15, -0.1) is 4.40 Å². The number of nitrogens with one attached hydrogen (secondary N) is 1. The third-order valence-corrected chi connectivity index (χ3v) is 6.97. The molecule has 32 heavy (non-hydrogen) atoms. The van der Waals surface area contributed by atoms with E-state index in [1.54, 1.807) is 60.4 Å². The molecule has 2 aromatic carbocycles. The smallest absolute Gasteiger partial charge is 0.321 e. The van der Waals surface area contributed by atoms with Crippen LogP contribution in [0, 0.1) is 11.3 Å². The number of amidine groups is 1. The average Bonchev–Trinajstić information content (AvgIpc) is 2.93. The summed E-state index contributed by atoms with van der Waals surface area (Å²) in [6.45, 7) is 3.82. The van der Waals surface area contributed by atoms with Gasteiger partial charge < -0.3 is 15.1 Å². The molecule has 2 aliphatic heterocycles. The number of nitriles is 1. The molecule has 0 aliphatic carbocycles. The normalized spacial score (nSPS) is 18.1. The standard InChI is InChI=1S/C23H23N5O3S/c1-17-21(19-8-3-2-4-9-19)32(30,31)26-22(17)27-11-6-12-28(14-13-27)23(29)25-20-10-5-7-18(15-20)16-24/h2-5,7-10,15H,6,11-14H2,1H3,(H,25,29). The van der Waals surface area contributed by atoms with Crippen LogP contribution >= 0.6 is 0 Å². The van der Waals surface area contributed by atoms with Crippen LogP contribution in [0.2, 0.25) is 0 Å². The number of urea groups is 1. The Morgan fingerprint density at radius 3 is 2.59 bits per heavy atom. The van der Waals surface area contributed by atoms with Gasteiger partial charge in [0.05, 0.1) is 11.6 Å². The highest BCUT2D eigenvalue weighted by molar-refractivity contribution is 8.00. The summed E-state index contributed by atoms with van der Waals surface area (Å²) in [5.41, 5.74) is 2.29. The van der Waals surface area contributed by atoms with E-state index in [0.29, 0.717) is 60.8 Å². The van der Waals surface area contributed by atoms with Crippen molar-refractivity contribution >= 4 is 32.5 Å². The third kappa shape index (κ3) is 4.36. The molecule has 0 bridgehead atoms. The first-order chi connectivity index (χ1) is 15.4. The zero-order valence-electron chi connectivity index (χ0n) is 17.7. The van der Waals surface area contributed by atoms with E-state index in [2.05, 4.69) is 15.8 Å². The van der Waals surface area contributed by atoms with Crippen LogP contribution in [-0.2, 0) is 10.0 Å². The maximum Gasteiger partial charge on any atom is 0.321 e. The number of nitrogens with zero attached hydrogens (tertiary/aromatic N) is 4. The largest absolute Gasteiger partial charge is 0.354 e. The third-order valence-electron chi connectivity index (χ3n) is 5.50. The number of carbonyl (C=O) groups excluding carboxylic acids is 1. The summed E-state index contributed by atoms with van der Waals surface area (Å²) in [5, 5.41) is 11.9. The van der Waals surface area contributed by atoms with Crippen molar-refractivity contribution in [3.8, 4) is 6.07 Å². The number of amides is 2. The van der Waals surface area contributed by atoms with Crippen molar-refractivity contribution in [3.63, 3.8) is 0 Å². The molecule has 164 valence electrons. The van der Waals surface area contributed by atoms with Crippen molar-refractivity contribution in [1.29, 1.82) is 5.26 Å². The number of carbonyl (C=O) groups is 1. The predicted octanol–water partition coefficient (Wildman–Crippen LogP) is 3.27. The lowest BCUT2D eigenvalue weighted by atomic mass is 10.1. The van der Waals surface area contributed by atoms with Crippen molar-refractivity contribution in [3.05, 3.63) is 71.3 Å². The summed E-state index contributed by atoms with van der Waals surface area (Å²) in [4.78, 5) is 16.6. The Hall–Kier alpha value is -3.64. The Morgan fingerprint density at radius 1 is 1.06 bits per heavy atom. The van der Waals surface area contributed by atoms with Crippen LogP contribution in [0.25, 0.3) is 4.91 Å². The van der Waals surface area contributed by atoms with Crippen LogP contribution in [0.1, 0.15) is 24.5 Å². The van der Waals surface area contributed by atoms with Crippen molar-refractivity contribution in [2.24, 2.45) is 4.40 Å². The number of benzene rings is 2. The first-order valence-electron chi connectivity index (χ1n) is 10.3. The van der Waals surface area contributed by atoms with Gasteiger partial charge in [0, 0.05) is 37.4 Å². The van der Waals surface area contributed by atoms with Crippen LogP contribution in [0.5, 0.6) is 0 Å². The topological polar surface area (TPSA) is 106 Å². The van der Waals surface area contributed by atoms with Gasteiger partial charge in [-0.25, -0.2) is 4.79 Å². The SMILES string of the molecule is CC1=C(c2ccccc2)S(=O)(=O)N=C1N1CCCN(C(=O)Nc2cccc(C#N)c2)CC1. The van der Waals surface area contributed by atoms with Crippen molar-refractivity contribution in [2.75, 3.05) is 31.5 Å². The molecule has 1 saturated heterocycles. The van der Waals surface area contributed by atoms with Crippen LogP contribution in [-0.4, -0.2) is 56.3 Å². The Labute approximate surface area is 187 Å². The highest BCUT2D eigenvalue weighted by Gasteiger charge is 2.34. The van der Waals surface area contributed by atoms with Crippen LogP contribution < -0.4 is 5.32 Å². The molecule has 2 aliphatic rings. The number of anilines is 1. The van der Waals surface area contributed by atoms with E-state index in [4.69, 9.17) is 5.26 Å². The molecule has 2 aromatic rings. The molecule has 9 heteroatoms. The monoisotopic (exact) mass is 449 g/mol. The second-order valence-electron chi connectivity index (χ2n) is 7.66. The van der Waals surface area contributed by atoms with Gasteiger partial charge in [-0.1, -0.05) is 36.4 Å². The van der Waals surface area contributed by atoms with Gasteiger partial charge in [-0.05, 0) is 37.1 Å². The number of sulfonamides is 1. The molecular formula is C23H23N5O3S. The number of rotatable bonds is 2. The van der Waals surface area contributed by atoms with Gasteiger partial charge in [-0.2, -0.15) is 13.7 Å². The Bertz CT molecular complexity index is 1250. The minimum Gasteiger partial charge on any atom is -0.354 e. The lowest BCUT2D eigenvalue weighted by molar-refractivity contribution is 0.214. The van der Waals surface area contributed by atoms with E-state index in [1.165, 1.54) is 0 Å². The fourth-order valence-electron chi connectivity index (χ4n) is 3.97. The van der Waals surface area contributed by atoms with Crippen molar-refractivity contribution < 1.29 is 13.2 Å². The minimum absolute atomic E-state index is 0.240. The molecule has 2 amide bonds. The average molecular weight is 450 g/mol. The van der Waals surface area contributed by atoms with Gasteiger partial charge in [0.2, 0.25) is 0 Å². The van der Waals surface area contributed by atoms with Crippen molar-refractivity contribution in [2.45, 2.75) is 13.3 Å². The Kier molecular flexibility index (Phi) is 5.97. The minimum atomic E-state index is -3.77. The first kappa shape index (κ1) is 21.6. The lowest BCUT2D eigenvalue weighted by Gasteiger charge is -2.24. The fraction of sp³-hybridized carbons (Fsp3) is 0.261. The summed E-state index contributed by atoms with van der Waals surface area (Å²) >= 11 is 0. The molecule has 0 radical (unpaired) electrons.